The summed E-state index contributed by atoms with van der Waals surface area (Å²) >= 11 is 0. The summed E-state index contributed by atoms with van der Waals surface area (Å²) in [7, 11) is 0. The molecular weight excluding hydrogens is 728 g/mol. The van der Waals surface area contributed by atoms with Crippen LogP contribution < -0.4 is 27.0 Å². The van der Waals surface area contributed by atoms with E-state index < -0.39 is 46.3 Å². The van der Waals surface area contributed by atoms with E-state index in [1.165, 1.54) is 0 Å². The molecular formula is C46H76F3N5O3. The Morgan fingerprint density at radius 1 is 0.912 bits per heavy atom. The van der Waals surface area contributed by atoms with E-state index in [2.05, 4.69) is 88.3 Å². The molecule has 0 aliphatic heterocycles. The molecule has 57 heavy (non-hydrogen) atoms. The van der Waals surface area contributed by atoms with E-state index in [0.29, 0.717) is 55.8 Å². The van der Waals surface area contributed by atoms with Crippen LogP contribution in [0, 0.1) is 54.0 Å². The number of allylic oxidation sites excluding steroid dienone is 1. The third-order valence-electron chi connectivity index (χ3n) is 9.69. The normalized spacial score (nSPS) is 13.1. The second-order valence-electron chi connectivity index (χ2n) is 15.1. The molecule has 0 aliphatic carbocycles. The maximum absolute atomic E-state index is 15.0. The topological polar surface area (TPSA) is 129 Å². The Morgan fingerprint density at radius 2 is 1.47 bits per heavy atom. The number of hydrogen-bond donors (Lipinski definition) is 6. The lowest BCUT2D eigenvalue weighted by molar-refractivity contribution is -0.106. The molecule has 0 saturated heterocycles. The number of amides is 2. The van der Waals surface area contributed by atoms with Crippen molar-refractivity contribution in [3.8, 4) is 5.75 Å². The third-order valence-corrected chi connectivity index (χ3v) is 9.69. The number of carbonyl (C=O) groups is 2. The first-order chi connectivity index (χ1) is 26.8. The quantitative estimate of drug-likeness (QED) is 0.0424. The number of nitrogens with one attached hydrogen (secondary N) is 4. The van der Waals surface area contributed by atoms with Gasteiger partial charge in [-0.1, -0.05) is 124 Å². The molecule has 11 heteroatoms. The lowest BCUT2D eigenvalue weighted by atomic mass is 9.81. The molecule has 0 radical (unpaired) electrons. The number of benzene rings is 2. The molecule has 0 aliphatic rings. The van der Waals surface area contributed by atoms with Crippen LogP contribution in [-0.4, -0.2) is 49.1 Å². The van der Waals surface area contributed by atoms with Gasteiger partial charge in [0.05, 0.1) is 0 Å². The molecule has 2 rings (SSSR count). The van der Waals surface area contributed by atoms with Crippen molar-refractivity contribution in [2.75, 3.05) is 19.6 Å². The van der Waals surface area contributed by atoms with Crippen molar-refractivity contribution in [3.63, 3.8) is 0 Å². The van der Waals surface area contributed by atoms with Gasteiger partial charge in [-0.3, -0.25) is 9.59 Å². The highest BCUT2D eigenvalue weighted by atomic mass is 19.2. The molecule has 2 amide bonds. The van der Waals surface area contributed by atoms with Crippen molar-refractivity contribution >= 4 is 12.3 Å². The van der Waals surface area contributed by atoms with Gasteiger partial charge in [-0.25, -0.2) is 8.78 Å². The Morgan fingerprint density at radius 3 is 1.95 bits per heavy atom. The number of rotatable bonds is 21. The molecule has 0 fully saturated rings. The predicted octanol–water partition coefficient (Wildman–Crippen LogP) is 9.72. The fourth-order valence-corrected chi connectivity index (χ4v) is 6.00. The molecule has 0 saturated carbocycles. The van der Waals surface area contributed by atoms with E-state index in [9.17, 15) is 18.7 Å². The summed E-state index contributed by atoms with van der Waals surface area (Å²) in [5, 5.41) is 22.8. The number of primary amides is 1. The molecule has 5 atom stereocenters. The van der Waals surface area contributed by atoms with Crippen molar-refractivity contribution in [3.05, 3.63) is 101 Å². The smallest absolute Gasteiger partial charge is 0.257 e. The van der Waals surface area contributed by atoms with Gasteiger partial charge in [0.1, 0.15) is 11.4 Å². The number of hydrogen-bond acceptors (Lipinski definition) is 6. The highest BCUT2D eigenvalue weighted by Gasteiger charge is 2.34. The molecule has 8 nitrogen and oxygen atoms in total. The van der Waals surface area contributed by atoms with Crippen LogP contribution in [0.3, 0.4) is 0 Å². The largest absolute Gasteiger partial charge is 0.504 e. The number of aromatic hydroxyl groups is 1. The molecule has 2 aromatic carbocycles. The van der Waals surface area contributed by atoms with Crippen molar-refractivity contribution in [2.24, 2.45) is 35.3 Å². The minimum atomic E-state index is -1.71. The maximum Gasteiger partial charge on any atom is 0.257 e. The van der Waals surface area contributed by atoms with Crippen molar-refractivity contribution in [2.45, 2.75) is 121 Å². The highest BCUT2D eigenvalue weighted by molar-refractivity contribution is 5.95. The summed E-state index contributed by atoms with van der Waals surface area (Å²) in [6.45, 7) is 38.7. The number of aryl methyl sites for hydroxylation is 1. The zero-order chi connectivity index (χ0) is 44.4. The lowest BCUT2D eigenvalue weighted by Gasteiger charge is -2.36. The Balaban J connectivity index is 0. The van der Waals surface area contributed by atoms with Gasteiger partial charge in [-0.05, 0) is 69.3 Å². The number of phenols is 1. The SMILES string of the molecule is C=C(C)CNCC(CC(C)C)NC(=C)[C@H](CCc1ccccc1)C(NC(=O)c1c(F)c(C)c(O)c(F)c1F)[C@@H](C)CC.C=C(NCC)C(C)C(C)C.CC.NC=O. The van der Waals surface area contributed by atoms with Crippen LogP contribution in [0.15, 0.2) is 67.0 Å². The molecule has 7 N–H and O–H groups in total. The number of carbonyl (C=O) groups excluding carboxylic acids is 2. The van der Waals surface area contributed by atoms with Gasteiger partial charge in [0.25, 0.3) is 5.91 Å². The first kappa shape index (κ1) is 54.8. The molecule has 2 aromatic rings. The van der Waals surface area contributed by atoms with Crippen LogP contribution in [0.2, 0.25) is 0 Å². The molecule has 0 spiro atoms. The van der Waals surface area contributed by atoms with Gasteiger partial charge in [0, 0.05) is 54.6 Å². The fourth-order valence-electron chi connectivity index (χ4n) is 6.00. The van der Waals surface area contributed by atoms with Crippen LogP contribution >= 0.6 is 0 Å². The zero-order valence-electron chi connectivity index (χ0n) is 37.1. The number of phenolic OH excluding ortho intramolecular Hbond substituents is 1. The maximum atomic E-state index is 15.0. The van der Waals surface area contributed by atoms with Crippen LogP contribution in [0.1, 0.15) is 117 Å². The Labute approximate surface area is 343 Å². The van der Waals surface area contributed by atoms with E-state index in [1.54, 1.807) is 0 Å². The molecule has 0 aromatic heterocycles. The zero-order valence-corrected chi connectivity index (χ0v) is 37.1. The molecule has 0 heterocycles. The van der Waals surface area contributed by atoms with E-state index in [4.69, 9.17) is 4.79 Å². The van der Waals surface area contributed by atoms with Gasteiger partial charge in [0.2, 0.25) is 12.2 Å². The summed E-state index contributed by atoms with van der Waals surface area (Å²) in [4.78, 5) is 22.0. The van der Waals surface area contributed by atoms with Crippen LogP contribution in [0.4, 0.5) is 13.2 Å². The monoisotopic (exact) mass is 804 g/mol. The number of halogens is 3. The highest BCUT2D eigenvalue weighted by Crippen LogP contribution is 2.31. The Hall–Kier alpha value is -4.25. The Kier molecular flexibility index (Phi) is 28.8. The van der Waals surface area contributed by atoms with E-state index in [1.807, 2.05) is 65.0 Å². The second kappa shape index (κ2) is 29.9. The van der Waals surface area contributed by atoms with Gasteiger partial charge >= 0.3 is 0 Å². The van der Waals surface area contributed by atoms with Crippen molar-refractivity contribution in [1.29, 1.82) is 0 Å². The summed E-state index contributed by atoms with van der Waals surface area (Å²) in [5.74, 6) is -5.60. The van der Waals surface area contributed by atoms with Crippen LogP contribution in [-0.2, 0) is 11.2 Å². The first-order valence-electron chi connectivity index (χ1n) is 20.4. The van der Waals surface area contributed by atoms with Crippen molar-refractivity contribution in [1.82, 2.24) is 21.3 Å². The Bertz CT molecular complexity index is 1470. The van der Waals surface area contributed by atoms with Gasteiger partial charge in [-0.2, -0.15) is 4.39 Å². The van der Waals surface area contributed by atoms with E-state index in [-0.39, 0.29) is 24.3 Å². The lowest BCUT2D eigenvalue weighted by Crippen LogP contribution is -2.49. The molecule has 0 bridgehead atoms. The summed E-state index contributed by atoms with van der Waals surface area (Å²) in [5.41, 5.74) is 6.62. The van der Waals surface area contributed by atoms with Crippen LogP contribution in [0.25, 0.3) is 0 Å². The van der Waals surface area contributed by atoms with Gasteiger partial charge in [0.15, 0.2) is 11.6 Å². The predicted molar refractivity (Wildman–Crippen MR) is 233 cm³/mol. The van der Waals surface area contributed by atoms with Gasteiger partial charge < -0.3 is 32.1 Å². The second-order valence-corrected chi connectivity index (χ2v) is 15.1. The van der Waals surface area contributed by atoms with Crippen LogP contribution in [0.5, 0.6) is 5.75 Å². The number of nitrogens with two attached hydrogens (primary N) is 1. The minimum Gasteiger partial charge on any atom is -0.504 e. The van der Waals surface area contributed by atoms with E-state index >= 15 is 4.39 Å². The molecule has 324 valence electrons. The minimum absolute atomic E-state index is 0.0492. The summed E-state index contributed by atoms with van der Waals surface area (Å²) < 4.78 is 44.2. The molecule has 3 unspecified atom stereocenters. The average Bonchev–Trinajstić information content (AvgIpc) is 3.16. The van der Waals surface area contributed by atoms with E-state index in [0.717, 1.165) is 36.7 Å². The fraction of sp³-hybridized carbons (Fsp3) is 0.565. The third kappa shape index (κ3) is 20.1. The van der Waals surface area contributed by atoms with Crippen molar-refractivity contribution < 1.29 is 27.9 Å². The first-order valence-corrected chi connectivity index (χ1v) is 20.4. The van der Waals surface area contributed by atoms with Gasteiger partial charge in [-0.15, -0.1) is 0 Å². The summed E-state index contributed by atoms with van der Waals surface area (Å²) in [6.07, 6.45) is 3.08. The summed E-state index contributed by atoms with van der Waals surface area (Å²) in [6, 6.07) is 9.41. The average molecular weight is 804 g/mol. The standard InChI is InChI=1S/C34H48F3N3O2.C9H19N.C2H6.CH3NO/c1-9-22(6)32(40-34(42)28-29(35)23(7)33(41)31(37)30(28)36)27(16-15-25-13-11-10-12-14-25)24(8)39-26(17-20(2)3)19-38-18-21(4)5;1-6-10-9(5)8(4)7(2)3;1-2;2-1-3/h10-14,20,22,26-27,32,38-39,41H,4,8-9,15-19H2,1-3,5-7H3,(H,40,42);7-8,10H,5-6H2,1-4H3;1-2H3;1H,(H2,2,3)/t22-,26?,27-,32?;;;/m0.../s1.